The first-order valence-electron chi connectivity index (χ1n) is 10.2. The fraction of sp³-hybridized carbons (Fsp3) is 0.435. The molecule has 0 amide bonds. The molecule has 2 aromatic heterocycles. The second-order valence-corrected chi connectivity index (χ2v) is 8.43. The zero-order chi connectivity index (χ0) is 21.8. The number of carbonyl (C=O) groups excluding carboxylic acids is 1. The van der Waals surface area contributed by atoms with Crippen LogP contribution in [0.15, 0.2) is 40.3 Å². The maximum atomic E-state index is 13.1. The highest BCUT2D eigenvalue weighted by Gasteiger charge is 2.19. The van der Waals surface area contributed by atoms with Gasteiger partial charge in [0.1, 0.15) is 0 Å². The lowest BCUT2D eigenvalue weighted by molar-refractivity contribution is 0.102. The molecule has 0 bridgehead atoms. The van der Waals surface area contributed by atoms with Crippen LogP contribution in [0.3, 0.4) is 0 Å². The fourth-order valence-electron chi connectivity index (χ4n) is 3.62. The molecule has 0 unspecified atom stereocenters. The number of methoxy groups -OCH3 is 1. The fourth-order valence-corrected chi connectivity index (χ4v) is 4.60. The molecule has 7 heteroatoms. The van der Waals surface area contributed by atoms with Crippen molar-refractivity contribution in [3.8, 4) is 0 Å². The van der Waals surface area contributed by atoms with E-state index in [9.17, 15) is 9.59 Å². The van der Waals surface area contributed by atoms with Crippen molar-refractivity contribution in [1.29, 1.82) is 0 Å². The molecule has 1 atom stereocenters. The molecule has 160 valence electrons. The van der Waals surface area contributed by atoms with Crippen LogP contribution in [0.2, 0.25) is 0 Å². The zero-order valence-electron chi connectivity index (χ0n) is 18.3. The van der Waals surface area contributed by atoms with Crippen LogP contribution in [0.5, 0.6) is 0 Å². The van der Waals surface area contributed by atoms with Gasteiger partial charge in [-0.2, -0.15) is 0 Å². The number of benzene rings is 1. The van der Waals surface area contributed by atoms with E-state index in [1.807, 2.05) is 52.0 Å². The predicted molar refractivity (Wildman–Crippen MR) is 122 cm³/mol. The lowest BCUT2D eigenvalue weighted by atomic mass is 10.2. The van der Waals surface area contributed by atoms with E-state index in [-0.39, 0.29) is 23.1 Å². The lowest BCUT2D eigenvalue weighted by Crippen LogP contribution is -2.26. The van der Waals surface area contributed by atoms with E-state index >= 15 is 0 Å². The summed E-state index contributed by atoms with van der Waals surface area (Å²) in [6, 6.07) is 9.30. The van der Waals surface area contributed by atoms with Gasteiger partial charge in [-0.3, -0.25) is 14.2 Å². The number of hydrogen-bond donors (Lipinski definition) is 0. The van der Waals surface area contributed by atoms with Crippen LogP contribution < -0.4 is 5.56 Å². The summed E-state index contributed by atoms with van der Waals surface area (Å²) in [6.45, 7) is 9.32. The van der Waals surface area contributed by atoms with Gasteiger partial charge in [0.05, 0.1) is 23.3 Å². The van der Waals surface area contributed by atoms with Crippen LogP contribution in [0.25, 0.3) is 10.9 Å². The van der Waals surface area contributed by atoms with Gasteiger partial charge in [-0.1, -0.05) is 30.8 Å². The average molecular weight is 428 g/mol. The summed E-state index contributed by atoms with van der Waals surface area (Å²) in [5.74, 6) is 0.269. The minimum Gasteiger partial charge on any atom is -0.383 e. The Bertz CT molecular complexity index is 1120. The molecule has 0 aliphatic heterocycles. The minimum atomic E-state index is -0.0531. The largest absolute Gasteiger partial charge is 0.383 e. The number of ether oxygens (including phenoxy) is 1. The van der Waals surface area contributed by atoms with Gasteiger partial charge < -0.3 is 9.30 Å². The molecule has 2 heterocycles. The SMILES string of the molecule is CC[C@H](C)n1c(SCC(=O)c2cc(C)n(CCOC)c2C)nc2ccccc2c1=O. The van der Waals surface area contributed by atoms with E-state index < -0.39 is 0 Å². The van der Waals surface area contributed by atoms with E-state index in [1.165, 1.54) is 11.8 Å². The molecule has 0 saturated carbocycles. The Kier molecular flexibility index (Phi) is 7.15. The van der Waals surface area contributed by atoms with Crippen LogP contribution in [0.4, 0.5) is 0 Å². The van der Waals surface area contributed by atoms with Crippen LogP contribution in [-0.2, 0) is 11.3 Å². The normalized spacial score (nSPS) is 12.4. The van der Waals surface area contributed by atoms with Crippen LogP contribution in [0, 0.1) is 13.8 Å². The molecule has 30 heavy (non-hydrogen) atoms. The minimum absolute atomic E-state index is 0.00585. The molecule has 0 saturated heterocycles. The van der Waals surface area contributed by atoms with Crippen molar-refractivity contribution in [1.82, 2.24) is 14.1 Å². The van der Waals surface area contributed by atoms with E-state index in [1.54, 1.807) is 17.7 Å². The third-order valence-corrected chi connectivity index (χ3v) is 6.49. The number of thioether (sulfide) groups is 1. The summed E-state index contributed by atoms with van der Waals surface area (Å²) < 4.78 is 9.00. The number of rotatable bonds is 9. The summed E-state index contributed by atoms with van der Waals surface area (Å²) in [7, 11) is 1.67. The summed E-state index contributed by atoms with van der Waals surface area (Å²) in [4.78, 5) is 30.8. The van der Waals surface area contributed by atoms with Gasteiger partial charge in [-0.15, -0.1) is 0 Å². The molecule has 1 aromatic carbocycles. The number of carbonyl (C=O) groups is 1. The summed E-state index contributed by atoms with van der Waals surface area (Å²) in [5.41, 5.74) is 3.31. The monoisotopic (exact) mass is 427 g/mol. The first-order valence-corrected chi connectivity index (χ1v) is 11.2. The molecular formula is C23H29N3O3S. The second kappa shape index (κ2) is 9.62. The maximum Gasteiger partial charge on any atom is 0.262 e. The molecule has 6 nitrogen and oxygen atoms in total. The molecule has 0 radical (unpaired) electrons. The number of fused-ring (bicyclic) bond motifs is 1. The van der Waals surface area contributed by atoms with Crippen molar-refractivity contribution >= 4 is 28.4 Å². The van der Waals surface area contributed by atoms with Crippen molar-refractivity contribution in [3.63, 3.8) is 0 Å². The smallest absolute Gasteiger partial charge is 0.262 e. The Labute approximate surface area is 181 Å². The first-order chi connectivity index (χ1) is 14.4. The Hall–Kier alpha value is -2.38. The van der Waals surface area contributed by atoms with E-state index in [0.29, 0.717) is 34.8 Å². The van der Waals surface area contributed by atoms with Gasteiger partial charge in [0.15, 0.2) is 10.9 Å². The topological polar surface area (TPSA) is 66.1 Å². The van der Waals surface area contributed by atoms with Crippen molar-refractivity contribution in [2.45, 2.75) is 51.9 Å². The number of aryl methyl sites for hydroxylation is 1. The van der Waals surface area contributed by atoms with Crippen LogP contribution in [-0.4, -0.2) is 39.4 Å². The highest BCUT2D eigenvalue weighted by molar-refractivity contribution is 7.99. The molecule has 3 aromatic rings. The Balaban J connectivity index is 1.90. The Morgan fingerprint density at radius 1 is 1.27 bits per heavy atom. The molecule has 0 spiro atoms. The van der Waals surface area contributed by atoms with Gasteiger partial charge >= 0.3 is 0 Å². The van der Waals surface area contributed by atoms with Crippen molar-refractivity contribution in [2.24, 2.45) is 0 Å². The second-order valence-electron chi connectivity index (χ2n) is 7.49. The molecule has 0 aliphatic rings. The maximum absolute atomic E-state index is 13.1. The first kappa shape index (κ1) is 22.3. The molecule has 3 rings (SSSR count). The summed E-state index contributed by atoms with van der Waals surface area (Å²) >= 11 is 1.33. The third kappa shape index (κ3) is 4.37. The number of ketones is 1. The quantitative estimate of drug-likeness (QED) is 0.288. The van der Waals surface area contributed by atoms with Gasteiger partial charge in [0.2, 0.25) is 0 Å². The molecule has 0 aliphatic carbocycles. The predicted octanol–water partition coefficient (Wildman–Crippen LogP) is 4.41. The average Bonchev–Trinajstić information content (AvgIpc) is 3.03. The summed E-state index contributed by atoms with van der Waals surface area (Å²) in [6.07, 6.45) is 0.808. The Morgan fingerprint density at radius 2 is 2.00 bits per heavy atom. The van der Waals surface area contributed by atoms with E-state index in [2.05, 4.69) is 4.57 Å². The van der Waals surface area contributed by atoms with Crippen molar-refractivity contribution in [3.05, 3.63) is 57.6 Å². The number of aromatic nitrogens is 3. The lowest BCUT2D eigenvalue weighted by Gasteiger charge is -2.18. The number of para-hydroxylation sites is 1. The number of nitrogens with zero attached hydrogens (tertiary/aromatic N) is 3. The van der Waals surface area contributed by atoms with Gasteiger partial charge in [-0.25, -0.2) is 4.98 Å². The standard InChI is InChI=1S/C23H29N3O3S/c1-6-15(2)26-22(28)18-9-7-8-10-20(18)24-23(26)30-14-21(27)19-13-16(3)25(17(19)4)11-12-29-5/h7-10,13,15H,6,11-12,14H2,1-5H3/t15-/m0/s1. The Morgan fingerprint density at radius 3 is 2.70 bits per heavy atom. The zero-order valence-corrected chi connectivity index (χ0v) is 19.1. The third-order valence-electron chi connectivity index (χ3n) is 5.53. The van der Waals surface area contributed by atoms with Gasteiger partial charge in [-0.05, 0) is 45.4 Å². The van der Waals surface area contributed by atoms with Crippen LogP contribution in [0.1, 0.15) is 48.1 Å². The van der Waals surface area contributed by atoms with E-state index in [0.717, 1.165) is 17.8 Å². The summed E-state index contributed by atoms with van der Waals surface area (Å²) in [5, 5.41) is 1.20. The van der Waals surface area contributed by atoms with E-state index in [4.69, 9.17) is 9.72 Å². The van der Waals surface area contributed by atoms with Gasteiger partial charge in [0, 0.05) is 36.6 Å². The number of hydrogen-bond acceptors (Lipinski definition) is 5. The molecule has 0 fully saturated rings. The van der Waals surface area contributed by atoms with Crippen molar-refractivity contribution in [2.75, 3.05) is 19.5 Å². The molecule has 0 N–H and O–H groups in total. The number of Topliss-reactive ketones (excluding diaryl/α,β-unsaturated/α-hetero) is 1. The molecular weight excluding hydrogens is 398 g/mol. The highest BCUT2D eigenvalue weighted by Crippen LogP contribution is 2.24. The van der Waals surface area contributed by atoms with Gasteiger partial charge in [0.25, 0.3) is 5.56 Å². The van der Waals surface area contributed by atoms with Crippen molar-refractivity contribution < 1.29 is 9.53 Å². The van der Waals surface area contributed by atoms with Crippen LogP contribution >= 0.6 is 11.8 Å². The highest BCUT2D eigenvalue weighted by atomic mass is 32.2.